The Morgan fingerprint density at radius 2 is 2.00 bits per heavy atom. The van der Waals surface area contributed by atoms with E-state index in [2.05, 4.69) is 25.4 Å². The molecule has 4 aromatic rings. The van der Waals surface area contributed by atoms with Crippen molar-refractivity contribution in [1.82, 2.24) is 24.6 Å². The number of rotatable bonds is 6. The monoisotopic (exact) mass is 350 g/mol. The van der Waals surface area contributed by atoms with Crippen LogP contribution in [0.5, 0.6) is 0 Å². The zero-order chi connectivity index (χ0) is 17.8. The summed E-state index contributed by atoms with van der Waals surface area (Å²) in [5, 5.41) is 17.1. The first-order chi connectivity index (χ1) is 12.8. The van der Waals surface area contributed by atoms with Gasteiger partial charge in [-0.2, -0.15) is 5.10 Å². The van der Waals surface area contributed by atoms with E-state index < -0.39 is 0 Å². The molecule has 3 heterocycles. The quantitative estimate of drug-likeness (QED) is 0.555. The first kappa shape index (κ1) is 16.2. The van der Waals surface area contributed by atoms with E-state index >= 15 is 0 Å². The van der Waals surface area contributed by atoms with Gasteiger partial charge in [-0.05, 0) is 18.1 Å². The van der Waals surface area contributed by atoms with Gasteiger partial charge in [0.25, 0.3) is 0 Å². The SMILES string of the molecule is OCC[C@H](Nc1cc(-c2cnn3cccnc23)ncn1)c1ccccc1.[HH].[HH]. The summed E-state index contributed by atoms with van der Waals surface area (Å²) in [6.07, 6.45) is 7.43. The van der Waals surface area contributed by atoms with Crippen molar-refractivity contribution in [3.8, 4) is 11.3 Å². The van der Waals surface area contributed by atoms with E-state index in [0.717, 1.165) is 22.5 Å². The second-order valence-corrected chi connectivity index (χ2v) is 5.85. The Hall–Kier alpha value is -3.32. The molecule has 0 radical (unpaired) electrons. The fourth-order valence-electron chi connectivity index (χ4n) is 2.91. The average molecular weight is 350 g/mol. The summed E-state index contributed by atoms with van der Waals surface area (Å²) in [6, 6.07) is 13.7. The van der Waals surface area contributed by atoms with Gasteiger partial charge >= 0.3 is 0 Å². The molecule has 0 aliphatic rings. The molecule has 7 nitrogen and oxygen atoms in total. The minimum atomic E-state index is -0.0361. The maximum absolute atomic E-state index is 9.41. The molecule has 134 valence electrons. The number of aromatic nitrogens is 5. The van der Waals surface area contributed by atoms with Crippen LogP contribution in [0.2, 0.25) is 0 Å². The molecule has 0 unspecified atom stereocenters. The number of nitrogens with zero attached hydrogens (tertiary/aromatic N) is 5. The van der Waals surface area contributed by atoms with Crippen LogP contribution in [-0.4, -0.2) is 36.3 Å². The molecule has 0 bridgehead atoms. The van der Waals surface area contributed by atoms with Crippen LogP contribution < -0.4 is 5.32 Å². The van der Waals surface area contributed by atoms with Gasteiger partial charge in [0, 0.05) is 27.9 Å². The van der Waals surface area contributed by atoms with Crippen molar-refractivity contribution in [2.45, 2.75) is 12.5 Å². The predicted molar refractivity (Wildman–Crippen MR) is 103 cm³/mol. The molecule has 3 aromatic heterocycles. The van der Waals surface area contributed by atoms with E-state index in [-0.39, 0.29) is 15.5 Å². The van der Waals surface area contributed by atoms with Crippen LogP contribution >= 0.6 is 0 Å². The molecule has 1 aromatic carbocycles. The van der Waals surface area contributed by atoms with Crippen molar-refractivity contribution in [3.05, 3.63) is 72.9 Å². The van der Waals surface area contributed by atoms with Crippen LogP contribution in [0, 0.1) is 0 Å². The van der Waals surface area contributed by atoms with Crippen LogP contribution in [0.4, 0.5) is 5.82 Å². The topological polar surface area (TPSA) is 88.2 Å². The third-order valence-electron chi connectivity index (χ3n) is 4.16. The summed E-state index contributed by atoms with van der Waals surface area (Å²) in [6.45, 7) is 0.0858. The molecular formula is C19H22N6O. The van der Waals surface area contributed by atoms with Crippen LogP contribution in [0.1, 0.15) is 20.9 Å². The molecule has 0 aliphatic heterocycles. The van der Waals surface area contributed by atoms with Gasteiger partial charge in [-0.3, -0.25) is 0 Å². The Morgan fingerprint density at radius 3 is 2.85 bits per heavy atom. The van der Waals surface area contributed by atoms with E-state index in [0.29, 0.717) is 12.2 Å². The van der Waals surface area contributed by atoms with Crippen molar-refractivity contribution in [2.75, 3.05) is 11.9 Å². The Morgan fingerprint density at radius 1 is 1.12 bits per heavy atom. The lowest BCUT2D eigenvalue weighted by molar-refractivity contribution is 0.280. The molecule has 0 saturated heterocycles. The largest absolute Gasteiger partial charge is 0.396 e. The second kappa shape index (κ2) is 7.28. The number of fused-ring (bicyclic) bond motifs is 1. The van der Waals surface area contributed by atoms with E-state index in [1.807, 2.05) is 48.7 Å². The van der Waals surface area contributed by atoms with Gasteiger partial charge in [0.15, 0.2) is 5.65 Å². The zero-order valence-corrected chi connectivity index (χ0v) is 14.0. The number of benzene rings is 1. The lowest BCUT2D eigenvalue weighted by atomic mass is 10.0. The number of aliphatic hydroxyl groups is 1. The summed E-state index contributed by atoms with van der Waals surface area (Å²) in [4.78, 5) is 13.1. The van der Waals surface area contributed by atoms with Crippen molar-refractivity contribution >= 4 is 11.5 Å². The number of hydrogen-bond acceptors (Lipinski definition) is 6. The second-order valence-electron chi connectivity index (χ2n) is 5.85. The van der Waals surface area contributed by atoms with Crippen LogP contribution in [0.25, 0.3) is 16.9 Å². The standard InChI is InChI=1S/C19H18N6O.2H2/c26-10-7-16(14-5-2-1-3-6-14)24-18-11-17(21-13-22-18)15-12-23-25-9-4-8-20-19(15)25;;/h1-6,8-9,11-13,16,26H,7,10H2,(H,21,22,24);2*1H/t16-;;/m0../s1. The van der Waals surface area contributed by atoms with Crippen molar-refractivity contribution < 1.29 is 7.96 Å². The Bertz CT molecular complexity index is 1010. The Kier molecular flexibility index (Phi) is 4.53. The fraction of sp³-hybridized carbons (Fsp3) is 0.158. The lowest BCUT2D eigenvalue weighted by Gasteiger charge is -2.19. The number of nitrogens with one attached hydrogen (secondary N) is 1. The van der Waals surface area contributed by atoms with Crippen molar-refractivity contribution in [1.29, 1.82) is 0 Å². The van der Waals surface area contributed by atoms with Gasteiger partial charge in [0.1, 0.15) is 12.1 Å². The highest BCUT2D eigenvalue weighted by molar-refractivity contribution is 5.75. The third kappa shape index (κ3) is 3.25. The van der Waals surface area contributed by atoms with E-state index in [4.69, 9.17) is 0 Å². The fourth-order valence-corrected chi connectivity index (χ4v) is 2.91. The first-order valence-corrected chi connectivity index (χ1v) is 8.38. The molecule has 26 heavy (non-hydrogen) atoms. The molecule has 0 spiro atoms. The molecule has 0 fully saturated rings. The Balaban J connectivity index is 0.00000140. The predicted octanol–water partition coefficient (Wildman–Crippen LogP) is 3.21. The highest BCUT2D eigenvalue weighted by atomic mass is 16.3. The van der Waals surface area contributed by atoms with Gasteiger partial charge in [0.05, 0.1) is 23.5 Å². The highest BCUT2D eigenvalue weighted by Crippen LogP contribution is 2.25. The summed E-state index contributed by atoms with van der Waals surface area (Å²) in [5.74, 6) is 0.688. The van der Waals surface area contributed by atoms with Crippen molar-refractivity contribution in [3.63, 3.8) is 0 Å². The Labute approximate surface area is 153 Å². The maximum Gasteiger partial charge on any atom is 0.164 e. The highest BCUT2D eigenvalue weighted by Gasteiger charge is 2.14. The third-order valence-corrected chi connectivity index (χ3v) is 4.16. The summed E-state index contributed by atoms with van der Waals surface area (Å²) in [5.41, 5.74) is 3.42. The van der Waals surface area contributed by atoms with Crippen LogP contribution in [0.3, 0.4) is 0 Å². The molecule has 7 heteroatoms. The smallest absolute Gasteiger partial charge is 0.164 e. The minimum Gasteiger partial charge on any atom is -0.396 e. The van der Waals surface area contributed by atoms with Gasteiger partial charge in [-0.1, -0.05) is 30.3 Å². The van der Waals surface area contributed by atoms with Gasteiger partial charge < -0.3 is 10.4 Å². The molecule has 1 atom stereocenters. The number of hydrogen-bond donors (Lipinski definition) is 2. The number of anilines is 1. The molecule has 2 N–H and O–H groups in total. The average Bonchev–Trinajstić information content (AvgIpc) is 3.13. The van der Waals surface area contributed by atoms with E-state index in [1.165, 1.54) is 6.33 Å². The van der Waals surface area contributed by atoms with Gasteiger partial charge in [0.2, 0.25) is 0 Å². The molecule has 0 aliphatic carbocycles. The van der Waals surface area contributed by atoms with Crippen molar-refractivity contribution in [2.24, 2.45) is 0 Å². The lowest BCUT2D eigenvalue weighted by Crippen LogP contribution is -2.13. The van der Waals surface area contributed by atoms with Crippen LogP contribution in [-0.2, 0) is 0 Å². The van der Waals surface area contributed by atoms with Crippen LogP contribution in [0.15, 0.2) is 67.4 Å². The summed E-state index contributed by atoms with van der Waals surface area (Å²) in [7, 11) is 0. The maximum atomic E-state index is 9.41. The summed E-state index contributed by atoms with van der Waals surface area (Å²) < 4.78 is 1.71. The first-order valence-electron chi connectivity index (χ1n) is 8.38. The molecule has 0 saturated carbocycles. The normalized spacial score (nSPS) is 12.2. The van der Waals surface area contributed by atoms with Gasteiger partial charge in [-0.15, -0.1) is 0 Å². The molecule has 0 amide bonds. The summed E-state index contributed by atoms with van der Waals surface area (Å²) >= 11 is 0. The van der Waals surface area contributed by atoms with Gasteiger partial charge in [-0.25, -0.2) is 19.5 Å². The van der Waals surface area contributed by atoms with E-state index in [1.54, 1.807) is 16.9 Å². The minimum absolute atomic E-state index is 0. The molecular weight excluding hydrogens is 328 g/mol. The molecule has 4 rings (SSSR count). The number of aliphatic hydroxyl groups excluding tert-OH is 1. The zero-order valence-electron chi connectivity index (χ0n) is 14.0. The van der Waals surface area contributed by atoms with E-state index in [9.17, 15) is 5.11 Å².